The van der Waals surface area contributed by atoms with Gasteiger partial charge in [-0.25, -0.2) is 0 Å². The summed E-state index contributed by atoms with van der Waals surface area (Å²) in [7, 11) is 1.59. The Hall–Kier alpha value is -3.27. The van der Waals surface area contributed by atoms with Crippen LogP contribution in [0.2, 0.25) is 0 Å². The predicted molar refractivity (Wildman–Crippen MR) is 123 cm³/mol. The molecular formula is C22H16IN3O4. The van der Waals surface area contributed by atoms with Crippen molar-refractivity contribution in [2.24, 2.45) is 4.99 Å². The molecule has 0 fully saturated rings. The fraction of sp³-hybridized carbons (Fsp3) is 0.0909. The van der Waals surface area contributed by atoms with Crippen LogP contribution < -0.4 is 10.1 Å². The second-order valence-electron chi connectivity index (χ2n) is 6.65. The molecule has 0 saturated carbocycles. The van der Waals surface area contributed by atoms with Crippen molar-refractivity contribution >= 4 is 51.3 Å². The zero-order valence-electron chi connectivity index (χ0n) is 15.8. The van der Waals surface area contributed by atoms with Gasteiger partial charge >= 0.3 is 0 Å². The Kier molecular flexibility index (Phi) is 5.49. The van der Waals surface area contributed by atoms with Crippen LogP contribution >= 0.6 is 22.6 Å². The molecule has 0 radical (unpaired) electrons. The second kappa shape index (κ2) is 8.23. The third-order valence-electron chi connectivity index (χ3n) is 4.81. The van der Waals surface area contributed by atoms with Crippen LogP contribution in [0.3, 0.4) is 0 Å². The van der Waals surface area contributed by atoms with E-state index >= 15 is 0 Å². The number of nitrogens with zero attached hydrogens (tertiary/aromatic N) is 2. The van der Waals surface area contributed by atoms with Gasteiger partial charge in [-0.15, -0.1) is 0 Å². The largest absolute Gasteiger partial charge is 0.497 e. The first-order valence-corrected chi connectivity index (χ1v) is 10.1. The number of nitro benzene ring substituents is 1. The predicted octanol–water partition coefficient (Wildman–Crippen LogP) is 5.06. The summed E-state index contributed by atoms with van der Waals surface area (Å²) < 4.78 is 6.24. The van der Waals surface area contributed by atoms with Crippen molar-refractivity contribution in [2.45, 2.75) is 5.92 Å². The third-order valence-corrected chi connectivity index (χ3v) is 5.53. The first-order valence-electron chi connectivity index (χ1n) is 9.04. The van der Waals surface area contributed by atoms with Gasteiger partial charge in [0.05, 0.1) is 23.4 Å². The van der Waals surface area contributed by atoms with Gasteiger partial charge in [0.2, 0.25) is 5.91 Å². The maximum Gasteiger partial charge on any atom is 0.269 e. The summed E-state index contributed by atoms with van der Waals surface area (Å²) in [6.07, 6.45) is 0. The monoisotopic (exact) mass is 513 g/mol. The highest BCUT2D eigenvalue weighted by molar-refractivity contribution is 14.1. The molecule has 1 unspecified atom stereocenters. The molecule has 1 aliphatic rings. The Morgan fingerprint density at radius 2 is 1.80 bits per heavy atom. The summed E-state index contributed by atoms with van der Waals surface area (Å²) in [5, 5.41) is 14.1. The van der Waals surface area contributed by atoms with Crippen LogP contribution in [0.5, 0.6) is 5.75 Å². The third kappa shape index (κ3) is 3.90. The Bertz CT molecular complexity index is 1160. The van der Waals surface area contributed by atoms with E-state index in [9.17, 15) is 14.9 Å². The number of carbonyl (C=O) groups is 1. The van der Waals surface area contributed by atoms with Gasteiger partial charge in [0, 0.05) is 27.0 Å². The molecule has 0 bridgehead atoms. The lowest BCUT2D eigenvalue weighted by molar-refractivity contribution is -0.384. The van der Waals surface area contributed by atoms with Crippen LogP contribution in [0.4, 0.5) is 17.1 Å². The molecule has 4 rings (SSSR count). The number of non-ortho nitro benzene ring substituents is 1. The molecule has 0 spiro atoms. The number of carbonyl (C=O) groups excluding carboxylic acids is 1. The normalized spacial score (nSPS) is 15.5. The molecule has 150 valence electrons. The molecule has 1 heterocycles. The van der Waals surface area contributed by atoms with Crippen LogP contribution in [-0.2, 0) is 4.79 Å². The molecule has 8 heteroatoms. The van der Waals surface area contributed by atoms with E-state index in [2.05, 4.69) is 27.9 Å². The van der Waals surface area contributed by atoms with Crippen molar-refractivity contribution in [2.75, 3.05) is 12.4 Å². The van der Waals surface area contributed by atoms with Gasteiger partial charge in [-0.3, -0.25) is 19.9 Å². The Morgan fingerprint density at radius 3 is 2.43 bits per heavy atom. The topological polar surface area (TPSA) is 93.8 Å². The molecule has 1 aliphatic heterocycles. The molecule has 3 aromatic carbocycles. The van der Waals surface area contributed by atoms with E-state index < -0.39 is 10.8 Å². The number of benzene rings is 3. The lowest BCUT2D eigenvalue weighted by Crippen LogP contribution is -2.22. The average Bonchev–Trinajstić information content (AvgIpc) is 3.08. The van der Waals surface area contributed by atoms with Gasteiger partial charge in [0.1, 0.15) is 11.7 Å². The highest BCUT2D eigenvalue weighted by Gasteiger charge is 2.36. The van der Waals surface area contributed by atoms with Crippen LogP contribution in [0.15, 0.2) is 71.7 Å². The number of hydrogen-bond donors (Lipinski definition) is 1. The number of hydrogen-bond acceptors (Lipinski definition) is 5. The molecule has 30 heavy (non-hydrogen) atoms. The molecule has 0 aromatic heterocycles. The summed E-state index contributed by atoms with van der Waals surface area (Å²) in [6.45, 7) is 0. The van der Waals surface area contributed by atoms with Crippen molar-refractivity contribution in [3.63, 3.8) is 0 Å². The van der Waals surface area contributed by atoms with E-state index in [1.54, 1.807) is 37.4 Å². The smallest absolute Gasteiger partial charge is 0.269 e. The van der Waals surface area contributed by atoms with Gasteiger partial charge in [-0.05, 0) is 70.6 Å². The van der Waals surface area contributed by atoms with Crippen molar-refractivity contribution in [3.05, 3.63) is 91.5 Å². The lowest BCUT2D eigenvalue weighted by atomic mass is 9.90. The zero-order chi connectivity index (χ0) is 21.3. The summed E-state index contributed by atoms with van der Waals surface area (Å²) in [5.74, 6) is -0.331. The quantitative estimate of drug-likeness (QED) is 0.223. The number of nitro groups is 1. The highest BCUT2D eigenvalue weighted by Crippen LogP contribution is 2.38. The van der Waals surface area contributed by atoms with E-state index in [-0.39, 0.29) is 11.6 Å². The number of halogens is 1. The maximum absolute atomic E-state index is 12.9. The van der Waals surface area contributed by atoms with Crippen molar-refractivity contribution in [3.8, 4) is 5.75 Å². The molecule has 3 aromatic rings. The first-order chi connectivity index (χ1) is 14.5. The molecule has 0 aliphatic carbocycles. The number of ether oxygens (including phenoxy) is 1. The number of fused-ring (bicyclic) bond motifs is 1. The number of anilines is 1. The van der Waals surface area contributed by atoms with E-state index in [4.69, 9.17) is 9.73 Å². The zero-order valence-corrected chi connectivity index (χ0v) is 18.0. The van der Waals surface area contributed by atoms with Gasteiger partial charge in [0.25, 0.3) is 5.69 Å². The Labute approximate surface area is 186 Å². The van der Waals surface area contributed by atoms with Crippen molar-refractivity contribution in [1.82, 2.24) is 0 Å². The van der Waals surface area contributed by atoms with E-state index in [1.165, 1.54) is 12.1 Å². The lowest BCUT2D eigenvalue weighted by Gasteiger charge is -2.14. The number of nitrogens with one attached hydrogen (secondary N) is 1. The average molecular weight is 513 g/mol. The first kappa shape index (κ1) is 20.0. The number of amides is 1. The van der Waals surface area contributed by atoms with Crippen molar-refractivity contribution in [1.29, 1.82) is 0 Å². The fourth-order valence-electron chi connectivity index (χ4n) is 3.35. The van der Waals surface area contributed by atoms with E-state index in [0.717, 1.165) is 9.13 Å². The molecule has 0 saturated heterocycles. The summed E-state index contributed by atoms with van der Waals surface area (Å²) in [4.78, 5) is 28.5. The Balaban J connectivity index is 1.87. The minimum atomic E-state index is -0.762. The van der Waals surface area contributed by atoms with Gasteiger partial charge in [0.15, 0.2) is 0 Å². The van der Waals surface area contributed by atoms with Crippen LogP contribution in [0.25, 0.3) is 0 Å². The standard InChI is InChI=1S/C22H16IN3O4/c1-30-17-9-6-15(7-10-17)24-21(13-2-4-14(23)5-3-13)20-18-12-16(26(28)29)8-11-19(18)25-22(20)27/h2-12,20H,1H3,(H,25,27). The highest BCUT2D eigenvalue weighted by atomic mass is 127. The van der Waals surface area contributed by atoms with Crippen LogP contribution in [0, 0.1) is 13.7 Å². The van der Waals surface area contributed by atoms with E-state index in [1.807, 2.05) is 24.3 Å². The maximum atomic E-state index is 12.9. The number of rotatable bonds is 5. The minimum absolute atomic E-state index is 0.0679. The molecule has 1 amide bonds. The Morgan fingerprint density at radius 1 is 1.10 bits per heavy atom. The van der Waals surface area contributed by atoms with Gasteiger partial charge < -0.3 is 10.1 Å². The molecule has 1 atom stereocenters. The van der Waals surface area contributed by atoms with Crippen LogP contribution in [0.1, 0.15) is 17.0 Å². The molecule has 1 N–H and O–H groups in total. The molecule has 7 nitrogen and oxygen atoms in total. The summed E-state index contributed by atoms with van der Waals surface area (Å²) in [6, 6.07) is 19.2. The SMILES string of the molecule is COc1ccc(N=C(c2ccc(I)cc2)C2C(=O)Nc3ccc([N+](=O)[O-])cc32)cc1. The summed E-state index contributed by atoms with van der Waals surface area (Å²) >= 11 is 2.21. The minimum Gasteiger partial charge on any atom is -0.497 e. The molecular weight excluding hydrogens is 497 g/mol. The van der Waals surface area contributed by atoms with Gasteiger partial charge in [-0.1, -0.05) is 12.1 Å². The number of methoxy groups -OCH3 is 1. The van der Waals surface area contributed by atoms with E-state index in [0.29, 0.717) is 28.4 Å². The van der Waals surface area contributed by atoms with Crippen molar-refractivity contribution < 1.29 is 14.5 Å². The number of aliphatic imine (C=N–C) groups is 1. The second-order valence-corrected chi connectivity index (χ2v) is 7.90. The van der Waals surface area contributed by atoms with Gasteiger partial charge in [-0.2, -0.15) is 0 Å². The fourth-order valence-corrected chi connectivity index (χ4v) is 3.71. The van der Waals surface area contributed by atoms with Crippen LogP contribution in [-0.4, -0.2) is 23.7 Å². The summed E-state index contributed by atoms with van der Waals surface area (Å²) in [5.41, 5.74) is 2.97.